The Bertz CT molecular complexity index is 623. The third-order valence-corrected chi connectivity index (χ3v) is 2.86. The first kappa shape index (κ1) is 14.9. The van der Waals surface area contributed by atoms with Gasteiger partial charge in [-0.3, -0.25) is 4.79 Å². The van der Waals surface area contributed by atoms with Crippen LogP contribution in [0.25, 0.3) is 0 Å². The lowest BCUT2D eigenvalue weighted by Crippen LogP contribution is -2.25. The van der Waals surface area contributed by atoms with Crippen molar-refractivity contribution in [1.82, 2.24) is 9.78 Å². The van der Waals surface area contributed by atoms with Gasteiger partial charge in [-0.15, -0.1) is 0 Å². The average Bonchev–Trinajstić information content (AvgIpc) is 2.51. The van der Waals surface area contributed by atoms with Gasteiger partial charge in [0.25, 0.3) is 5.56 Å². The molecule has 1 N–H and O–H groups in total. The number of rotatable bonds is 7. The molecule has 0 atom stereocenters. The second-order valence-electron chi connectivity index (χ2n) is 4.31. The van der Waals surface area contributed by atoms with Crippen molar-refractivity contribution in [3.8, 4) is 11.5 Å². The Kier molecular flexibility index (Phi) is 5.20. The fourth-order valence-corrected chi connectivity index (χ4v) is 1.79. The summed E-state index contributed by atoms with van der Waals surface area (Å²) in [4.78, 5) is 11.7. The molecule has 0 aliphatic carbocycles. The molecule has 21 heavy (non-hydrogen) atoms. The molecule has 112 valence electrons. The molecular weight excluding hydrogens is 270 g/mol. The van der Waals surface area contributed by atoms with Gasteiger partial charge in [-0.05, 0) is 31.2 Å². The number of hydrogen-bond acceptors (Lipinski definition) is 5. The summed E-state index contributed by atoms with van der Waals surface area (Å²) in [5.41, 5.74) is 0.542. The average molecular weight is 289 g/mol. The lowest BCUT2D eigenvalue weighted by molar-refractivity contribution is 0.286. The summed E-state index contributed by atoms with van der Waals surface area (Å²) in [5, 5.41) is 6.93. The number of nitrogens with one attached hydrogen (secondary N) is 1. The van der Waals surface area contributed by atoms with Crippen LogP contribution in [0.4, 0.5) is 5.69 Å². The minimum Gasteiger partial charge on any atom is -0.494 e. The lowest BCUT2D eigenvalue weighted by Gasteiger charge is -2.09. The minimum absolute atomic E-state index is 0.155. The standard InChI is InChI=1S/C15H19N3O3/c1-3-20-13-4-6-14(7-5-13)21-9-8-18-15(19)10-12(16-2)11-17-18/h4-7,10-11,16H,3,8-9H2,1-2H3. The molecular formula is C15H19N3O3. The molecule has 0 bridgehead atoms. The van der Waals surface area contributed by atoms with E-state index in [2.05, 4.69) is 10.4 Å². The molecule has 2 rings (SSSR count). The summed E-state index contributed by atoms with van der Waals surface area (Å²) in [7, 11) is 1.75. The molecule has 6 heteroatoms. The first-order valence-corrected chi connectivity index (χ1v) is 6.83. The SMILES string of the molecule is CCOc1ccc(OCCn2ncc(NC)cc2=O)cc1. The minimum atomic E-state index is -0.155. The zero-order valence-electron chi connectivity index (χ0n) is 12.2. The summed E-state index contributed by atoms with van der Waals surface area (Å²) in [5.74, 6) is 1.55. The molecule has 0 saturated heterocycles. The van der Waals surface area contributed by atoms with Crippen LogP contribution in [0.15, 0.2) is 41.3 Å². The van der Waals surface area contributed by atoms with Crippen molar-refractivity contribution in [3.05, 3.63) is 46.9 Å². The van der Waals surface area contributed by atoms with Gasteiger partial charge in [0.15, 0.2) is 0 Å². The molecule has 1 aromatic carbocycles. The van der Waals surface area contributed by atoms with E-state index in [-0.39, 0.29) is 5.56 Å². The quantitative estimate of drug-likeness (QED) is 0.841. The van der Waals surface area contributed by atoms with Crippen LogP contribution in [0.2, 0.25) is 0 Å². The monoisotopic (exact) mass is 289 g/mol. The van der Waals surface area contributed by atoms with E-state index in [4.69, 9.17) is 9.47 Å². The highest BCUT2D eigenvalue weighted by Crippen LogP contribution is 2.17. The van der Waals surface area contributed by atoms with Crippen molar-refractivity contribution in [2.24, 2.45) is 0 Å². The topological polar surface area (TPSA) is 65.4 Å². The van der Waals surface area contributed by atoms with Crippen molar-refractivity contribution in [2.45, 2.75) is 13.5 Å². The fourth-order valence-electron chi connectivity index (χ4n) is 1.79. The normalized spacial score (nSPS) is 10.2. The molecule has 6 nitrogen and oxygen atoms in total. The summed E-state index contributed by atoms with van der Waals surface area (Å²) < 4.78 is 12.3. The Balaban J connectivity index is 1.87. The smallest absolute Gasteiger partial charge is 0.268 e. The van der Waals surface area contributed by atoms with Gasteiger partial charge in [0.05, 0.1) is 25.0 Å². The van der Waals surface area contributed by atoms with Crippen LogP contribution in [0.3, 0.4) is 0 Å². The molecule has 0 aliphatic rings. The number of hydrogen-bond donors (Lipinski definition) is 1. The van der Waals surface area contributed by atoms with Crippen LogP contribution >= 0.6 is 0 Å². The Labute approximate surface area is 123 Å². The van der Waals surface area contributed by atoms with Crippen LogP contribution in [0.1, 0.15) is 6.92 Å². The van der Waals surface area contributed by atoms with Gasteiger partial charge in [0, 0.05) is 13.1 Å². The van der Waals surface area contributed by atoms with Gasteiger partial charge in [0.2, 0.25) is 0 Å². The second kappa shape index (κ2) is 7.33. The van der Waals surface area contributed by atoms with E-state index >= 15 is 0 Å². The third kappa shape index (κ3) is 4.24. The molecule has 0 saturated carbocycles. The number of anilines is 1. The molecule has 0 unspecified atom stereocenters. The highest BCUT2D eigenvalue weighted by molar-refractivity contribution is 5.37. The molecule has 1 aromatic heterocycles. The van der Waals surface area contributed by atoms with Gasteiger partial charge < -0.3 is 14.8 Å². The first-order chi connectivity index (χ1) is 10.2. The van der Waals surface area contributed by atoms with Crippen molar-refractivity contribution in [1.29, 1.82) is 0 Å². The largest absolute Gasteiger partial charge is 0.494 e. The van der Waals surface area contributed by atoms with Crippen molar-refractivity contribution >= 4 is 5.69 Å². The van der Waals surface area contributed by atoms with Crippen molar-refractivity contribution in [3.63, 3.8) is 0 Å². The third-order valence-electron chi connectivity index (χ3n) is 2.86. The molecule has 0 amide bonds. The number of benzene rings is 1. The zero-order valence-corrected chi connectivity index (χ0v) is 12.2. The van der Waals surface area contributed by atoms with Crippen molar-refractivity contribution in [2.75, 3.05) is 25.6 Å². The van der Waals surface area contributed by atoms with E-state index in [1.54, 1.807) is 13.2 Å². The van der Waals surface area contributed by atoms with Crippen LogP contribution in [-0.2, 0) is 6.54 Å². The maximum atomic E-state index is 11.7. The predicted octanol–water partition coefficient (Wildman–Crippen LogP) is 1.76. The van der Waals surface area contributed by atoms with E-state index in [9.17, 15) is 4.79 Å². The number of aromatic nitrogens is 2. The molecule has 0 fully saturated rings. The van der Waals surface area contributed by atoms with Crippen LogP contribution < -0.4 is 20.3 Å². The zero-order chi connectivity index (χ0) is 15.1. The van der Waals surface area contributed by atoms with Crippen LogP contribution in [0, 0.1) is 0 Å². The summed E-state index contributed by atoms with van der Waals surface area (Å²) in [6.45, 7) is 3.35. The molecule has 1 heterocycles. The highest BCUT2D eigenvalue weighted by Gasteiger charge is 2.00. The van der Waals surface area contributed by atoms with Gasteiger partial charge in [-0.2, -0.15) is 5.10 Å². The Morgan fingerprint density at radius 2 is 1.86 bits per heavy atom. The molecule has 2 aromatic rings. The Morgan fingerprint density at radius 1 is 1.19 bits per heavy atom. The van der Waals surface area contributed by atoms with Crippen LogP contribution in [0.5, 0.6) is 11.5 Å². The lowest BCUT2D eigenvalue weighted by atomic mass is 10.3. The van der Waals surface area contributed by atoms with Crippen LogP contribution in [-0.4, -0.2) is 30.0 Å². The van der Waals surface area contributed by atoms with Gasteiger partial charge in [-0.1, -0.05) is 0 Å². The predicted molar refractivity (Wildman–Crippen MR) is 81.1 cm³/mol. The summed E-state index contributed by atoms with van der Waals surface area (Å²) >= 11 is 0. The van der Waals surface area contributed by atoms with E-state index < -0.39 is 0 Å². The Morgan fingerprint density at radius 3 is 2.43 bits per heavy atom. The van der Waals surface area contributed by atoms with E-state index in [0.717, 1.165) is 11.5 Å². The van der Waals surface area contributed by atoms with Gasteiger partial charge in [0.1, 0.15) is 18.1 Å². The number of nitrogens with zero attached hydrogens (tertiary/aromatic N) is 2. The molecule has 0 aliphatic heterocycles. The van der Waals surface area contributed by atoms with Gasteiger partial charge >= 0.3 is 0 Å². The second-order valence-corrected chi connectivity index (χ2v) is 4.31. The molecule has 0 spiro atoms. The van der Waals surface area contributed by atoms with E-state index in [1.807, 2.05) is 31.2 Å². The van der Waals surface area contributed by atoms with E-state index in [1.165, 1.54) is 10.7 Å². The number of ether oxygens (including phenoxy) is 2. The van der Waals surface area contributed by atoms with Crippen molar-refractivity contribution < 1.29 is 9.47 Å². The van der Waals surface area contributed by atoms with E-state index in [0.29, 0.717) is 25.4 Å². The highest BCUT2D eigenvalue weighted by atomic mass is 16.5. The first-order valence-electron chi connectivity index (χ1n) is 6.83. The fraction of sp³-hybridized carbons (Fsp3) is 0.333. The van der Waals surface area contributed by atoms with Gasteiger partial charge in [-0.25, -0.2) is 4.68 Å². The summed E-state index contributed by atoms with van der Waals surface area (Å²) in [6.07, 6.45) is 1.61. The maximum absolute atomic E-state index is 11.7. The Hall–Kier alpha value is -2.50. The maximum Gasteiger partial charge on any atom is 0.268 e. The molecule has 0 radical (unpaired) electrons. The summed E-state index contributed by atoms with van der Waals surface area (Å²) in [6, 6.07) is 8.89.